The highest BCUT2D eigenvalue weighted by atomic mass is 16.5. The van der Waals surface area contributed by atoms with Crippen LogP contribution >= 0.6 is 0 Å². The van der Waals surface area contributed by atoms with Crippen molar-refractivity contribution in [3.8, 4) is 11.5 Å². The smallest absolute Gasteiger partial charge is 0.161 e. The Labute approximate surface area is 197 Å². The van der Waals surface area contributed by atoms with Crippen molar-refractivity contribution in [3.05, 3.63) is 36.2 Å². The Hall–Kier alpha value is -2.62. The molecule has 9 nitrogen and oxygen atoms in total. The zero-order valence-corrected chi connectivity index (χ0v) is 20.8. The molecule has 1 unspecified atom stereocenters. The Morgan fingerprint density at radius 2 is 1.88 bits per heavy atom. The van der Waals surface area contributed by atoms with Gasteiger partial charge in [-0.2, -0.15) is 0 Å². The summed E-state index contributed by atoms with van der Waals surface area (Å²) < 4.78 is 11.4. The van der Waals surface area contributed by atoms with Gasteiger partial charge in [0.2, 0.25) is 0 Å². The molecule has 0 aliphatic carbocycles. The van der Waals surface area contributed by atoms with Gasteiger partial charge < -0.3 is 29.3 Å². The van der Waals surface area contributed by atoms with E-state index in [4.69, 9.17) is 9.47 Å². The van der Waals surface area contributed by atoms with Crippen LogP contribution in [0.4, 0.5) is 11.6 Å². The standard InChI is InChI=1S/C24H38N6O3/c1-27(2)11-12-33-20-8-7-19(13-21(20)32-6)15-29(5)16-24(31)9-10-30(17-24)23-14-22(28(3)4)25-18-26-23/h7-8,13-14,18,31H,9-12,15-17H2,1-6H3. The minimum atomic E-state index is -0.794. The van der Waals surface area contributed by atoms with Gasteiger partial charge in [0.05, 0.1) is 12.7 Å². The van der Waals surface area contributed by atoms with Crippen molar-refractivity contribution in [1.82, 2.24) is 19.8 Å². The van der Waals surface area contributed by atoms with Gasteiger partial charge >= 0.3 is 0 Å². The number of aliphatic hydroxyl groups is 1. The maximum absolute atomic E-state index is 11.3. The molecule has 1 aliphatic heterocycles. The number of methoxy groups -OCH3 is 1. The van der Waals surface area contributed by atoms with E-state index in [0.29, 0.717) is 32.7 Å². The Bertz CT molecular complexity index is 910. The summed E-state index contributed by atoms with van der Waals surface area (Å²) in [6.45, 7) is 4.03. The quantitative estimate of drug-likeness (QED) is 0.540. The van der Waals surface area contributed by atoms with Gasteiger partial charge in [0.1, 0.15) is 24.6 Å². The molecule has 2 aromatic rings. The highest BCUT2D eigenvalue weighted by Gasteiger charge is 2.37. The van der Waals surface area contributed by atoms with E-state index in [0.717, 1.165) is 41.8 Å². The third kappa shape index (κ3) is 6.93. The van der Waals surface area contributed by atoms with Crippen molar-refractivity contribution in [2.45, 2.75) is 18.6 Å². The topological polar surface area (TPSA) is 77.4 Å². The summed E-state index contributed by atoms with van der Waals surface area (Å²) in [7, 11) is 11.6. The molecule has 0 radical (unpaired) electrons. The fraction of sp³-hybridized carbons (Fsp3) is 0.583. The van der Waals surface area contributed by atoms with E-state index >= 15 is 0 Å². The monoisotopic (exact) mass is 458 g/mol. The summed E-state index contributed by atoms with van der Waals surface area (Å²) in [4.78, 5) is 17.0. The molecule has 1 atom stereocenters. The molecular weight excluding hydrogens is 420 g/mol. The fourth-order valence-electron chi connectivity index (χ4n) is 4.07. The normalized spacial score (nSPS) is 18.3. The number of β-amino-alcohol motifs (C(OH)–C–C–N with tert-alkyl or cyclic N) is 1. The van der Waals surface area contributed by atoms with Crippen molar-refractivity contribution in [2.75, 3.05) is 84.9 Å². The van der Waals surface area contributed by atoms with Crippen LogP contribution in [0.5, 0.6) is 11.5 Å². The lowest BCUT2D eigenvalue weighted by Crippen LogP contribution is -2.43. The van der Waals surface area contributed by atoms with E-state index in [-0.39, 0.29) is 0 Å². The molecule has 182 valence electrons. The number of hydrogen-bond donors (Lipinski definition) is 1. The molecule has 1 aliphatic rings. The molecule has 0 bridgehead atoms. The highest BCUT2D eigenvalue weighted by molar-refractivity contribution is 5.50. The predicted octanol–water partition coefficient (Wildman–Crippen LogP) is 1.56. The summed E-state index contributed by atoms with van der Waals surface area (Å²) in [6.07, 6.45) is 2.27. The second-order valence-electron chi connectivity index (χ2n) is 9.33. The zero-order valence-electron chi connectivity index (χ0n) is 20.8. The van der Waals surface area contributed by atoms with Gasteiger partial charge in [0.15, 0.2) is 11.5 Å². The van der Waals surface area contributed by atoms with Crippen LogP contribution in [-0.2, 0) is 6.54 Å². The molecule has 3 rings (SSSR count). The number of likely N-dealkylation sites (N-methyl/N-ethyl adjacent to an activating group) is 2. The second kappa shape index (κ2) is 11.0. The van der Waals surface area contributed by atoms with Gasteiger partial charge in [-0.1, -0.05) is 6.07 Å². The zero-order chi connectivity index (χ0) is 24.0. The molecule has 1 fully saturated rings. The summed E-state index contributed by atoms with van der Waals surface area (Å²) in [5, 5.41) is 11.3. The Kier molecular flexibility index (Phi) is 8.34. The van der Waals surface area contributed by atoms with Crippen LogP contribution in [0.25, 0.3) is 0 Å². The Balaban J connectivity index is 1.58. The number of benzene rings is 1. The van der Waals surface area contributed by atoms with Gasteiger partial charge in [0, 0.05) is 52.9 Å². The van der Waals surface area contributed by atoms with Crippen LogP contribution in [0, 0.1) is 0 Å². The number of aromatic nitrogens is 2. The molecule has 1 saturated heterocycles. The SMILES string of the molecule is COc1cc(CN(C)CC2(O)CCN(c3cc(N(C)C)ncn3)C2)ccc1OCCN(C)C. The summed E-state index contributed by atoms with van der Waals surface area (Å²) in [5.74, 6) is 3.18. The third-order valence-electron chi connectivity index (χ3n) is 5.79. The Morgan fingerprint density at radius 1 is 1.09 bits per heavy atom. The van der Waals surface area contributed by atoms with Crippen LogP contribution in [0.1, 0.15) is 12.0 Å². The van der Waals surface area contributed by atoms with Crippen molar-refractivity contribution < 1.29 is 14.6 Å². The first kappa shape index (κ1) is 25.0. The highest BCUT2D eigenvalue weighted by Crippen LogP contribution is 2.30. The molecular formula is C24H38N6O3. The summed E-state index contributed by atoms with van der Waals surface area (Å²) in [5.41, 5.74) is 0.316. The first-order chi connectivity index (χ1) is 15.7. The van der Waals surface area contributed by atoms with Gasteiger partial charge in [-0.05, 0) is 45.3 Å². The van der Waals surface area contributed by atoms with Gasteiger partial charge in [-0.3, -0.25) is 4.90 Å². The maximum atomic E-state index is 11.3. The van der Waals surface area contributed by atoms with Crippen molar-refractivity contribution in [2.24, 2.45) is 0 Å². The minimum Gasteiger partial charge on any atom is -0.493 e. The Morgan fingerprint density at radius 3 is 2.58 bits per heavy atom. The van der Waals surface area contributed by atoms with Crippen molar-refractivity contribution >= 4 is 11.6 Å². The minimum absolute atomic E-state index is 0.545. The van der Waals surface area contributed by atoms with E-state index in [1.165, 1.54) is 0 Å². The molecule has 0 amide bonds. The van der Waals surface area contributed by atoms with Gasteiger partial charge in [-0.25, -0.2) is 9.97 Å². The third-order valence-corrected chi connectivity index (χ3v) is 5.79. The van der Waals surface area contributed by atoms with Crippen LogP contribution in [0.3, 0.4) is 0 Å². The molecule has 1 aromatic heterocycles. The molecule has 9 heteroatoms. The lowest BCUT2D eigenvalue weighted by molar-refractivity contribution is 0.0279. The largest absolute Gasteiger partial charge is 0.493 e. The molecule has 2 heterocycles. The van der Waals surface area contributed by atoms with E-state index < -0.39 is 5.60 Å². The van der Waals surface area contributed by atoms with E-state index in [1.807, 2.05) is 58.3 Å². The van der Waals surface area contributed by atoms with Crippen molar-refractivity contribution in [1.29, 1.82) is 0 Å². The number of rotatable bonds is 11. The van der Waals surface area contributed by atoms with Crippen LogP contribution in [-0.4, -0.2) is 106 Å². The second-order valence-corrected chi connectivity index (χ2v) is 9.33. The number of hydrogen-bond acceptors (Lipinski definition) is 9. The van der Waals surface area contributed by atoms with Crippen LogP contribution in [0.15, 0.2) is 30.6 Å². The average Bonchev–Trinajstić information content (AvgIpc) is 3.15. The predicted molar refractivity (Wildman–Crippen MR) is 132 cm³/mol. The summed E-state index contributed by atoms with van der Waals surface area (Å²) >= 11 is 0. The molecule has 0 saturated carbocycles. The molecule has 1 N–H and O–H groups in total. The number of nitrogens with zero attached hydrogens (tertiary/aromatic N) is 6. The maximum Gasteiger partial charge on any atom is 0.161 e. The molecule has 0 spiro atoms. The number of ether oxygens (including phenoxy) is 2. The lowest BCUT2D eigenvalue weighted by atomic mass is 10.0. The van der Waals surface area contributed by atoms with E-state index in [1.54, 1.807) is 13.4 Å². The first-order valence-corrected chi connectivity index (χ1v) is 11.3. The van der Waals surface area contributed by atoms with Gasteiger partial charge in [-0.15, -0.1) is 0 Å². The molecule has 1 aromatic carbocycles. The fourth-order valence-corrected chi connectivity index (χ4v) is 4.07. The average molecular weight is 459 g/mol. The van der Waals surface area contributed by atoms with Crippen molar-refractivity contribution in [3.63, 3.8) is 0 Å². The van der Waals surface area contributed by atoms with Crippen LogP contribution < -0.4 is 19.3 Å². The van der Waals surface area contributed by atoms with Gasteiger partial charge in [0.25, 0.3) is 0 Å². The van der Waals surface area contributed by atoms with Crippen LogP contribution in [0.2, 0.25) is 0 Å². The van der Waals surface area contributed by atoms with E-state index in [2.05, 4.69) is 30.7 Å². The number of anilines is 2. The molecule has 33 heavy (non-hydrogen) atoms. The lowest BCUT2D eigenvalue weighted by Gasteiger charge is -2.29. The first-order valence-electron chi connectivity index (χ1n) is 11.3. The van der Waals surface area contributed by atoms with E-state index in [9.17, 15) is 5.11 Å². The summed E-state index contributed by atoms with van der Waals surface area (Å²) in [6, 6.07) is 7.99.